The Morgan fingerprint density at radius 2 is 1.90 bits per heavy atom. The molecule has 0 fully saturated rings. The summed E-state index contributed by atoms with van der Waals surface area (Å²) >= 11 is 7.52. The number of hydrogen-bond donors (Lipinski definition) is 2. The van der Waals surface area contributed by atoms with Gasteiger partial charge in [0.05, 0.1) is 12.2 Å². The minimum atomic E-state index is -0.218. The van der Waals surface area contributed by atoms with E-state index in [9.17, 15) is 9.59 Å². The van der Waals surface area contributed by atoms with Crippen LogP contribution in [0.15, 0.2) is 24.3 Å². The van der Waals surface area contributed by atoms with Crippen molar-refractivity contribution in [2.75, 3.05) is 0 Å². The number of aromatic amines is 1. The van der Waals surface area contributed by atoms with E-state index < -0.39 is 0 Å². The summed E-state index contributed by atoms with van der Waals surface area (Å²) in [6.45, 7) is 7.74. The zero-order valence-electron chi connectivity index (χ0n) is 17.0. The highest BCUT2D eigenvalue weighted by molar-refractivity contribution is 7.12. The third-order valence-corrected chi connectivity index (χ3v) is 5.95. The fraction of sp³-hybridized carbons (Fsp3) is 0.318. The third kappa shape index (κ3) is 4.60. The molecule has 2 heterocycles. The fourth-order valence-corrected chi connectivity index (χ4v) is 4.51. The van der Waals surface area contributed by atoms with Crippen LogP contribution in [0.4, 0.5) is 0 Å². The van der Waals surface area contributed by atoms with Crippen LogP contribution in [0, 0.1) is 13.8 Å². The molecular formula is C22H24ClN3O2S. The second-order valence-electron chi connectivity index (χ2n) is 6.99. The van der Waals surface area contributed by atoms with Gasteiger partial charge in [0.15, 0.2) is 5.78 Å². The molecular weight excluding hydrogens is 406 g/mol. The first-order valence-corrected chi connectivity index (χ1v) is 10.7. The molecule has 5 nitrogen and oxygen atoms in total. The van der Waals surface area contributed by atoms with Crippen molar-refractivity contribution in [3.63, 3.8) is 0 Å². The molecule has 0 unspecified atom stereocenters. The van der Waals surface area contributed by atoms with E-state index in [-0.39, 0.29) is 11.7 Å². The maximum atomic E-state index is 12.8. The minimum Gasteiger partial charge on any atom is -0.354 e. The predicted octanol–water partition coefficient (Wildman–Crippen LogP) is 5.49. The minimum absolute atomic E-state index is 0.0237. The van der Waals surface area contributed by atoms with Crippen molar-refractivity contribution in [2.45, 2.75) is 47.1 Å². The Balaban J connectivity index is 1.78. The molecule has 1 amide bonds. The molecule has 0 saturated carbocycles. The van der Waals surface area contributed by atoms with Crippen LogP contribution < -0.4 is 5.32 Å². The Kier molecular flexibility index (Phi) is 6.55. The summed E-state index contributed by atoms with van der Waals surface area (Å²) in [5, 5.41) is 4.45. The number of thiazole rings is 1. The van der Waals surface area contributed by atoms with Gasteiger partial charge in [0.1, 0.15) is 10.7 Å². The normalized spacial score (nSPS) is 10.9. The van der Waals surface area contributed by atoms with E-state index in [0.29, 0.717) is 29.2 Å². The molecule has 3 aromatic rings. The van der Waals surface area contributed by atoms with E-state index in [2.05, 4.69) is 15.3 Å². The second-order valence-corrected chi connectivity index (χ2v) is 8.71. The molecule has 2 aromatic heterocycles. The van der Waals surface area contributed by atoms with Crippen LogP contribution in [-0.2, 0) is 13.0 Å². The Morgan fingerprint density at radius 3 is 2.52 bits per heavy atom. The van der Waals surface area contributed by atoms with E-state index in [1.54, 1.807) is 11.3 Å². The van der Waals surface area contributed by atoms with Crippen molar-refractivity contribution in [3.8, 4) is 11.3 Å². The van der Waals surface area contributed by atoms with Crippen LogP contribution in [0.1, 0.15) is 62.3 Å². The van der Waals surface area contributed by atoms with Crippen molar-refractivity contribution in [1.82, 2.24) is 15.3 Å². The Labute approximate surface area is 179 Å². The van der Waals surface area contributed by atoms with Crippen molar-refractivity contribution in [2.24, 2.45) is 0 Å². The van der Waals surface area contributed by atoms with Gasteiger partial charge in [0, 0.05) is 26.7 Å². The van der Waals surface area contributed by atoms with Crippen molar-refractivity contribution in [1.29, 1.82) is 0 Å². The van der Waals surface area contributed by atoms with E-state index in [1.807, 2.05) is 45.0 Å². The number of aryl methyl sites for hydroxylation is 2. The van der Waals surface area contributed by atoms with Crippen molar-refractivity contribution >= 4 is 34.6 Å². The number of halogens is 1. The maximum Gasteiger partial charge on any atom is 0.268 e. The summed E-state index contributed by atoms with van der Waals surface area (Å²) in [5.74, 6) is -0.241. The molecule has 1 aromatic carbocycles. The molecule has 0 radical (unpaired) electrons. The van der Waals surface area contributed by atoms with Gasteiger partial charge in [-0.15, -0.1) is 11.3 Å². The van der Waals surface area contributed by atoms with E-state index in [4.69, 9.17) is 11.6 Å². The zero-order chi connectivity index (χ0) is 21.1. The lowest BCUT2D eigenvalue weighted by Crippen LogP contribution is -2.24. The fourth-order valence-electron chi connectivity index (χ4n) is 3.49. The lowest BCUT2D eigenvalue weighted by molar-refractivity contribution is 0.0945. The third-order valence-electron chi connectivity index (χ3n) is 4.73. The number of Topliss-reactive ketones (excluding diaryl/α,β-unsaturated/α-hetero) is 1. The maximum absolute atomic E-state index is 12.8. The number of nitrogens with zero attached hydrogens (tertiary/aromatic N) is 1. The molecule has 2 N–H and O–H groups in total. The number of aromatic nitrogens is 2. The molecule has 0 spiro atoms. The topological polar surface area (TPSA) is 74.8 Å². The first-order chi connectivity index (χ1) is 13.8. The quantitative estimate of drug-likeness (QED) is 0.487. The van der Waals surface area contributed by atoms with Crippen LogP contribution in [0.5, 0.6) is 0 Å². The molecule has 3 rings (SSSR count). The first kappa shape index (κ1) is 21.3. The summed E-state index contributed by atoms with van der Waals surface area (Å²) in [4.78, 5) is 33.7. The number of amides is 1. The van der Waals surface area contributed by atoms with Gasteiger partial charge in [-0.3, -0.25) is 9.59 Å². The number of ketones is 1. The lowest BCUT2D eigenvalue weighted by atomic mass is 10.0. The first-order valence-electron chi connectivity index (χ1n) is 9.54. The molecule has 0 atom stereocenters. The summed E-state index contributed by atoms with van der Waals surface area (Å²) < 4.78 is 0. The average molecular weight is 430 g/mol. The second kappa shape index (κ2) is 8.93. The molecule has 29 heavy (non-hydrogen) atoms. The highest BCUT2D eigenvalue weighted by Crippen LogP contribution is 2.28. The number of nitrogens with one attached hydrogen (secondary N) is 2. The summed E-state index contributed by atoms with van der Waals surface area (Å²) in [7, 11) is 0. The van der Waals surface area contributed by atoms with Crippen LogP contribution in [0.3, 0.4) is 0 Å². The summed E-state index contributed by atoms with van der Waals surface area (Å²) in [6, 6.07) is 7.56. The standard InChI is InChI=1S/C22H24ClN3O2S/c1-5-6-17-19(13(3)27)12(2)25-21(17)22(28)24-11-18-26-20(14(4)29-18)15-7-9-16(23)10-8-15/h7-10,25H,5-6,11H2,1-4H3,(H,24,28). The SMILES string of the molecule is CCCc1c(C(=O)NCc2nc(-c3ccc(Cl)cc3)c(C)s2)[nH]c(C)c1C(C)=O. The van der Waals surface area contributed by atoms with Crippen LogP contribution in [0.2, 0.25) is 5.02 Å². The summed E-state index contributed by atoms with van der Waals surface area (Å²) in [6.07, 6.45) is 1.53. The number of benzene rings is 1. The van der Waals surface area contributed by atoms with Gasteiger partial charge in [-0.25, -0.2) is 4.98 Å². The van der Waals surface area contributed by atoms with Gasteiger partial charge >= 0.3 is 0 Å². The summed E-state index contributed by atoms with van der Waals surface area (Å²) in [5.41, 5.74) is 4.54. The average Bonchev–Trinajstić information content (AvgIpc) is 3.20. The Morgan fingerprint density at radius 1 is 1.21 bits per heavy atom. The highest BCUT2D eigenvalue weighted by Gasteiger charge is 2.22. The van der Waals surface area contributed by atoms with E-state index >= 15 is 0 Å². The van der Waals surface area contributed by atoms with Crippen LogP contribution >= 0.6 is 22.9 Å². The monoisotopic (exact) mass is 429 g/mol. The highest BCUT2D eigenvalue weighted by atomic mass is 35.5. The van der Waals surface area contributed by atoms with Gasteiger partial charge in [-0.2, -0.15) is 0 Å². The Hall–Kier alpha value is -2.44. The molecule has 152 valence electrons. The molecule has 0 saturated heterocycles. The number of carbonyl (C=O) groups is 2. The van der Waals surface area contributed by atoms with Gasteiger partial charge in [0.2, 0.25) is 0 Å². The largest absolute Gasteiger partial charge is 0.354 e. The number of H-pyrrole nitrogens is 1. The molecule has 0 aliphatic rings. The molecule has 7 heteroatoms. The number of hydrogen-bond acceptors (Lipinski definition) is 4. The molecule has 0 aliphatic carbocycles. The smallest absolute Gasteiger partial charge is 0.268 e. The van der Waals surface area contributed by atoms with Gasteiger partial charge < -0.3 is 10.3 Å². The van der Waals surface area contributed by atoms with Gasteiger partial charge in [0.25, 0.3) is 5.91 Å². The van der Waals surface area contributed by atoms with Crippen molar-refractivity contribution in [3.05, 3.63) is 61.7 Å². The zero-order valence-corrected chi connectivity index (χ0v) is 18.6. The number of carbonyl (C=O) groups excluding carboxylic acids is 2. The van der Waals surface area contributed by atoms with Crippen molar-refractivity contribution < 1.29 is 9.59 Å². The van der Waals surface area contributed by atoms with E-state index in [1.165, 1.54) is 6.92 Å². The number of rotatable bonds is 7. The van der Waals surface area contributed by atoms with Crippen LogP contribution in [-0.4, -0.2) is 21.7 Å². The molecule has 0 bridgehead atoms. The molecule has 0 aliphatic heterocycles. The lowest BCUT2D eigenvalue weighted by Gasteiger charge is -2.06. The van der Waals surface area contributed by atoms with Gasteiger partial charge in [-0.1, -0.05) is 37.1 Å². The predicted molar refractivity (Wildman–Crippen MR) is 118 cm³/mol. The van der Waals surface area contributed by atoms with Gasteiger partial charge in [-0.05, 0) is 44.9 Å². The van der Waals surface area contributed by atoms with E-state index in [0.717, 1.165) is 38.8 Å². The van der Waals surface area contributed by atoms with Crippen LogP contribution in [0.25, 0.3) is 11.3 Å². The Bertz CT molecular complexity index is 1050.